The van der Waals surface area contributed by atoms with Crippen LogP contribution in [0.3, 0.4) is 0 Å². The highest BCUT2D eigenvalue weighted by molar-refractivity contribution is 6.35. The van der Waals surface area contributed by atoms with E-state index in [1.165, 1.54) is 12.8 Å². The number of β-amino-alcohol motifs (C(OH)–C–C–N with tert-alkyl or cyclic N) is 1. The Morgan fingerprint density at radius 1 is 0.745 bits per heavy atom. The molecule has 47 heavy (non-hydrogen) atoms. The maximum atomic E-state index is 9.99. The number of hydrogen-bond donors (Lipinski definition) is 1. The van der Waals surface area contributed by atoms with E-state index in [1.807, 2.05) is 36.4 Å². The number of fused-ring (bicyclic) bond motifs is 2. The average molecular weight is 668 g/mol. The van der Waals surface area contributed by atoms with Crippen LogP contribution in [0.25, 0.3) is 56.2 Å². The molecule has 0 unspecified atom stereocenters. The van der Waals surface area contributed by atoms with Crippen molar-refractivity contribution < 1.29 is 13.9 Å². The molecule has 1 N–H and O–H groups in total. The fourth-order valence-electron chi connectivity index (χ4n) is 7.28. The number of aliphatic hydroxyl groups is 1. The number of rotatable bonds is 7. The Kier molecular flexibility index (Phi) is 8.06. The molecule has 4 aromatic carbocycles. The van der Waals surface area contributed by atoms with E-state index in [1.54, 1.807) is 0 Å². The van der Waals surface area contributed by atoms with Gasteiger partial charge in [0.05, 0.1) is 16.1 Å². The molecule has 2 saturated heterocycles. The number of halogens is 2. The summed E-state index contributed by atoms with van der Waals surface area (Å²) in [6.07, 6.45) is 2.98. The highest BCUT2D eigenvalue weighted by Gasteiger charge is 2.25. The molecule has 6 aromatic rings. The predicted molar refractivity (Wildman–Crippen MR) is 188 cm³/mol. The van der Waals surface area contributed by atoms with Crippen LogP contribution in [0.4, 0.5) is 0 Å². The van der Waals surface area contributed by atoms with E-state index in [9.17, 15) is 5.11 Å². The SMILES string of the molecule is Cc1c(-c2ccccc2)cc(-c2nc3cc(CN4CC[C@H](O)C4)cc(Cl)c3o2)c(C)c1-c1nc2cc(CN3CCCC3)cc(Cl)c2o1. The molecular formula is C38H36Cl2N4O3. The van der Waals surface area contributed by atoms with E-state index in [-0.39, 0.29) is 6.10 Å². The molecule has 240 valence electrons. The lowest BCUT2D eigenvalue weighted by molar-refractivity contribution is 0.175. The molecule has 0 amide bonds. The number of nitrogens with zero attached hydrogens (tertiary/aromatic N) is 4. The Morgan fingerprint density at radius 2 is 1.34 bits per heavy atom. The fraction of sp³-hybridized carbons (Fsp3) is 0.316. The molecule has 0 spiro atoms. The monoisotopic (exact) mass is 666 g/mol. The summed E-state index contributed by atoms with van der Waals surface area (Å²) in [4.78, 5) is 14.7. The second kappa shape index (κ2) is 12.4. The van der Waals surface area contributed by atoms with Gasteiger partial charge >= 0.3 is 0 Å². The summed E-state index contributed by atoms with van der Waals surface area (Å²) < 4.78 is 12.9. The number of benzene rings is 4. The molecule has 0 saturated carbocycles. The zero-order chi connectivity index (χ0) is 32.2. The van der Waals surface area contributed by atoms with E-state index < -0.39 is 0 Å². The minimum absolute atomic E-state index is 0.278. The highest BCUT2D eigenvalue weighted by Crippen LogP contribution is 2.43. The van der Waals surface area contributed by atoms with Crippen LogP contribution in [0, 0.1) is 13.8 Å². The second-order valence-corrected chi connectivity index (χ2v) is 13.8. The molecule has 7 nitrogen and oxygen atoms in total. The maximum absolute atomic E-state index is 9.99. The summed E-state index contributed by atoms with van der Waals surface area (Å²) >= 11 is 13.6. The summed E-state index contributed by atoms with van der Waals surface area (Å²) in [5.41, 5.74) is 10.6. The Balaban J connectivity index is 1.25. The fourth-order valence-corrected chi connectivity index (χ4v) is 7.83. The number of aromatic nitrogens is 2. The van der Waals surface area contributed by atoms with Crippen LogP contribution in [-0.4, -0.2) is 57.2 Å². The van der Waals surface area contributed by atoms with Gasteiger partial charge < -0.3 is 13.9 Å². The second-order valence-electron chi connectivity index (χ2n) is 13.0. The Bertz CT molecular complexity index is 2120. The summed E-state index contributed by atoms with van der Waals surface area (Å²) in [6.45, 7) is 9.45. The lowest BCUT2D eigenvalue weighted by Gasteiger charge is -2.16. The molecule has 4 heterocycles. The number of hydrogen-bond acceptors (Lipinski definition) is 7. The van der Waals surface area contributed by atoms with Gasteiger partial charge in [0.1, 0.15) is 11.0 Å². The molecule has 2 aliphatic rings. The molecule has 9 heteroatoms. The van der Waals surface area contributed by atoms with Crippen molar-refractivity contribution in [1.29, 1.82) is 0 Å². The quantitative estimate of drug-likeness (QED) is 0.182. The first-order valence-electron chi connectivity index (χ1n) is 16.3. The van der Waals surface area contributed by atoms with Crippen LogP contribution in [0.15, 0.2) is 69.5 Å². The topological polar surface area (TPSA) is 78.8 Å². The minimum atomic E-state index is -0.278. The first-order chi connectivity index (χ1) is 22.8. The molecule has 2 aromatic heterocycles. The van der Waals surface area contributed by atoms with Crippen LogP contribution in [-0.2, 0) is 13.1 Å². The highest BCUT2D eigenvalue weighted by atomic mass is 35.5. The molecule has 2 fully saturated rings. The van der Waals surface area contributed by atoms with E-state index in [0.29, 0.717) is 51.6 Å². The van der Waals surface area contributed by atoms with Gasteiger partial charge in [0, 0.05) is 37.3 Å². The van der Waals surface area contributed by atoms with Gasteiger partial charge in [-0.3, -0.25) is 9.80 Å². The van der Waals surface area contributed by atoms with E-state index in [2.05, 4.69) is 47.9 Å². The van der Waals surface area contributed by atoms with E-state index >= 15 is 0 Å². The molecule has 2 aliphatic heterocycles. The molecular weight excluding hydrogens is 631 g/mol. The van der Waals surface area contributed by atoms with Crippen LogP contribution < -0.4 is 0 Å². The lowest BCUT2D eigenvalue weighted by atomic mass is 9.89. The van der Waals surface area contributed by atoms with Crippen molar-refractivity contribution in [2.24, 2.45) is 0 Å². The lowest BCUT2D eigenvalue weighted by Crippen LogP contribution is -2.21. The summed E-state index contributed by atoms with van der Waals surface area (Å²) in [5.74, 6) is 0.993. The van der Waals surface area contributed by atoms with Gasteiger partial charge in [0.2, 0.25) is 11.8 Å². The van der Waals surface area contributed by atoms with Crippen LogP contribution in [0.1, 0.15) is 41.5 Å². The van der Waals surface area contributed by atoms with Gasteiger partial charge in [0.15, 0.2) is 11.2 Å². The zero-order valence-electron chi connectivity index (χ0n) is 26.5. The van der Waals surface area contributed by atoms with Crippen LogP contribution in [0.2, 0.25) is 10.0 Å². The van der Waals surface area contributed by atoms with Crippen molar-refractivity contribution in [3.63, 3.8) is 0 Å². The normalized spacial score (nSPS) is 17.5. The van der Waals surface area contributed by atoms with Gasteiger partial charge in [-0.05, 0) is 110 Å². The largest absolute Gasteiger partial charge is 0.434 e. The third kappa shape index (κ3) is 5.85. The number of likely N-dealkylation sites (tertiary alicyclic amines) is 2. The number of aliphatic hydroxyl groups excluding tert-OH is 1. The van der Waals surface area contributed by atoms with Crippen LogP contribution in [0.5, 0.6) is 0 Å². The Labute approximate surface area is 283 Å². The summed E-state index contributed by atoms with van der Waals surface area (Å²) in [6, 6.07) is 20.5. The van der Waals surface area contributed by atoms with Crippen molar-refractivity contribution in [2.45, 2.75) is 52.3 Å². The first kappa shape index (κ1) is 30.6. The third-order valence-electron chi connectivity index (χ3n) is 9.64. The van der Waals surface area contributed by atoms with Gasteiger partial charge in [0.25, 0.3) is 0 Å². The predicted octanol–water partition coefficient (Wildman–Crippen LogP) is 9.06. The molecule has 0 radical (unpaired) electrons. The van der Waals surface area contributed by atoms with E-state index in [4.69, 9.17) is 42.0 Å². The smallest absolute Gasteiger partial charge is 0.227 e. The molecule has 1 atom stereocenters. The Morgan fingerprint density at radius 3 is 1.98 bits per heavy atom. The molecule has 8 rings (SSSR count). The van der Waals surface area contributed by atoms with Crippen molar-refractivity contribution in [2.75, 3.05) is 26.2 Å². The molecule has 0 aliphatic carbocycles. The van der Waals surface area contributed by atoms with Gasteiger partial charge in [-0.15, -0.1) is 0 Å². The van der Waals surface area contributed by atoms with Gasteiger partial charge in [-0.25, -0.2) is 9.97 Å². The first-order valence-corrected chi connectivity index (χ1v) is 17.1. The average Bonchev–Trinajstić information content (AvgIpc) is 3.86. The van der Waals surface area contributed by atoms with E-state index in [0.717, 1.165) is 82.6 Å². The standard InChI is InChI=1S/C38H36Cl2N4O3/c1-22-28(26-8-4-3-5-9-26)18-29(37-41-32-17-25(15-30(39)35(32)46-37)20-44-13-10-27(45)21-44)23(2)34(22)38-42-33-16-24(14-31(40)36(33)47-38)19-43-11-6-7-12-43/h3-5,8-9,14-18,27,45H,6-7,10-13,19-21H2,1-2H3/t27-/m0/s1. The minimum Gasteiger partial charge on any atom is -0.434 e. The van der Waals surface area contributed by atoms with Gasteiger partial charge in [-0.1, -0.05) is 53.5 Å². The molecule has 0 bridgehead atoms. The van der Waals surface area contributed by atoms with Crippen LogP contribution >= 0.6 is 23.2 Å². The third-order valence-corrected chi connectivity index (χ3v) is 10.2. The Hall–Kier alpha value is -3.72. The van der Waals surface area contributed by atoms with Crippen molar-refractivity contribution in [3.05, 3.63) is 93.0 Å². The maximum Gasteiger partial charge on any atom is 0.227 e. The van der Waals surface area contributed by atoms with Crippen molar-refractivity contribution >= 4 is 45.4 Å². The van der Waals surface area contributed by atoms with Crippen molar-refractivity contribution in [1.82, 2.24) is 19.8 Å². The zero-order valence-corrected chi connectivity index (χ0v) is 28.0. The number of oxazole rings is 2. The van der Waals surface area contributed by atoms with Crippen molar-refractivity contribution in [3.8, 4) is 34.0 Å². The van der Waals surface area contributed by atoms with Gasteiger partial charge in [-0.2, -0.15) is 0 Å². The summed E-state index contributed by atoms with van der Waals surface area (Å²) in [5, 5.41) is 11.1. The summed E-state index contributed by atoms with van der Waals surface area (Å²) in [7, 11) is 0.